The van der Waals surface area contributed by atoms with E-state index in [4.69, 9.17) is 4.74 Å². The molecule has 28 heavy (non-hydrogen) atoms. The van der Waals surface area contributed by atoms with Gasteiger partial charge in [0, 0.05) is 6.42 Å². The van der Waals surface area contributed by atoms with Crippen LogP contribution in [0.2, 0.25) is 0 Å². The van der Waals surface area contributed by atoms with E-state index >= 15 is 0 Å². The molecule has 1 unspecified atom stereocenters. The van der Waals surface area contributed by atoms with Crippen molar-refractivity contribution in [3.8, 4) is 0 Å². The van der Waals surface area contributed by atoms with Crippen LogP contribution in [0.1, 0.15) is 124 Å². The smallest absolute Gasteiger partial charge is 0.311 e. The second kappa shape index (κ2) is 16.9. The third-order valence-electron chi connectivity index (χ3n) is 5.15. The third kappa shape index (κ3) is 15.9. The number of esters is 2. The lowest BCUT2D eigenvalue weighted by Gasteiger charge is -2.23. The van der Waals surface area contributed by atoms with Gasteiger partial charge in [0.15, 0.2) is 0 Å². The summed E-state index contributed by atoms with van der Waals surface area (Å²) in [5.74, 6) is -0.206. The van der Waals surface area contributed by atoms with Gasteiger partial charge in [0.2, 0.25) is 0 Å². The van der Waals surface area contributed by atoms with Crippen LogP contribution < -0.4 is 0 Å². The number of hydrogen-bond acceptors (Lipinski definition) is 4. The van der Waals surface area contributed by atoms with Crippen LogP contribution in [0, 0.1) is 5.41 Å². The van der Waals surface area contributed by atoms with Crippen molar-refractivity contribution in [2.75, 3.05) is 7.11 Å². The number of carbonyl (C=O) groups is 2. The summed E-state index contributed by atoms with van der Waals surface area (Å²) in [7, 11) is 1.44. The van der Waals surface area contributed by atoms with Gasteiger partial charge >= 0.3 is 11.9 Å². The molecule has 0 aromatic heterocycles. The minimum atomic E-state index is -0.438. The van der Waals surface area contributed by atoms with Gasteiger partial charge in [-0.15, -0.1) is 0 Å². The number of ether oxygens (including phenoxy) is 2. The fraction of sp³-hybridized carbons (Fsp3) is 0.917. The zero-order valence-electron chi connectivity index (χ0n) is 19.3. The van der Waals surface area contributed by atoms with Gasteiger partial charge in [0.25, 0.3) is 0 Å². The van der Waals surface area contributed by atoms with Gasteiger partial charge < -0.3 is 9.47 Å². The number of methoxy groups -OCH3 is 1. The highest BCUT2D eigenvalue weighted by Crippen LogP contribution is 2.22. The molecule has 1 atom stereocenters. The zero-order valence-corrected chi connectivity index (χ0v) is 19.3. The van der Waals surface area contributed by atoms with Gasteiger partial charge in [-0.1, -0.05) is 64.7 Å². The Morgan fingerprint density at radius 3 is 1.68 bits per heavy atom. The van der Waals surface area contributed by atoms with Crippen molar-refractivity contribution in [1.29, 1.82) is 0 Å². The van der Waals surface area contributed by atoms with Gasteiger partial charge in [-0.3, -0.25) is 9.59 Å². The molecular weight excluding hydrogens is 352 g/mol. The highest BCUT2D eigenvalue weighted by molar-refractivity contribution is 5.75. The lowest BCUT2D eigenvalue weighted by Crippen LogP contribution is -2.28. The molecule has 166 valence electrons. The Morgan fingerprint density at radius 2 is 1.21 bits per heavy atom. The molecule has 0 amide bonds. The van der Waals surface area contributed by atoms with Gasteiger partial charge in [0.1, 0.15) is 6.10 Å². The molecule has 4 heteroatoms. The molecule has 0 fully saturated rings. The van der Waals surface area contributed by atoms with E-state index in [9.17, 15) is 9.59 Å². The predicted molar refractivity (Wildman–Crippen MR) is 116 cm³/mol. The molecule has 0 N–H and O–H groups in total. The van der Waals surface area contributed by atoms with Crippen molar-refractivity contribution < 1.29 is 19.1 Å². The van der Waals surface area contributed by atoms with Crippen LogP contribution in [0.25, 0.3) is 0 Å². The molecule has 0 radical (unpaired) electrons. The average molecular weight is 399 g/mol. The number of hydrogen-bond donors (Lipinski definition) is 0. The van der Waals surface area contributed by atoms with Crippen LogP contribution >= 0.6 is 0 Å². The van der Waals surface area contributed by atoms with E-state index in [0.717, 1.165) is 51.4 Å². The van der Waals surface area contributed by atoms with Crippen LogP contribution in [-0.2, 0) is 19.1 Å². The second-order valence-corrected chi connectivity index (χ2v) is 9.07. The van der Waals surface area contributed by atoms with Gasteiger partial charge in [-0.05, 0) is 52.9 Å². The average Bonchev–Trinajstić information content (AvgIpc) is 2.64. The molecule has 0 rings (SSSR count). The monoisotopic (exact) mass is 398 g/mol. The molecule has 0 bridgehead atoms. The Balaban J connectivity index is 4.06. The molecule has 0 aromatic rings. The topological polar surface area (TPSA) is 52.6 Å². The van der Waals surface area contributed by atoms with Gasteiger partial charge in [-0.2, -0.15) is 0 Å². The summed E-state index contributed by atoms with van der Waals surface area (Å²) < 4.78 is 10.5. The summed E-state index contributed by atoms with van der Waals surface area (Å²) in [4.78, 5) is 23.4. The minimum Gasteiger partial charge on any atom is -0.469 e. The van der Waals surface area contributed by atoms with Crippen molar-refractivity contribution in [2.45, 2.75) is 130 Å². The number of unbranched alkanes of at least 4 members (excludes halogenated alkanes) is 10. The molecule has 0 spiro atoms. The summed E-state index contributed by atoms with van der Waals surface area (Å²) in [5.41, 5.74) is -0.438. The van der Waals surface area contributed by atoms with Gasteiger partial charge in [0.05, 0.1) is 12.5 Å². The van der Waals surface area contributed by atoms with Crippen LogP contribution in [0.5, 0.6) is 0 Å². The quantitative estimate of drug-likeness (QED) is 0.196. The number of rotatable bonds is 17. The molecular formula is C24H46O4. The van der Waals surface area contributed by atoms with E-state index in [0.29, 0.717) is 6.42 Å². The van der Waals surface area contributed by atoms with Crippen LogP contribution in [0.3, 0.4) is 0 Å². The van der Waals surface area contributed by atoms with E-state index in [1.54, 1.807) is 0 Å². The van der Waals surface area contributed by atoms with Crippen molar-refractivity contribution in [3.63, 3.8) is 0 Å². The van der Waals surface area contributed by atoms with E-state index in [-0.39, 0.29) is 18.0 Å². The fourth-order valence-electron chi connectivity index (χ4n) is 3.19. The van der Waals surface area contributed by atoms with Crippen LogP contribution in [-0.4, -0.2) is 25.2 Å². The first-order valence-electron chi connectivity index (χ1n) is 11.6. The highest BCUT2D eigenvalue weighted by Gasteiger charge is 2.26. The first-order chi connectivity index (χ1) is 13.3. The minimum absolute atomic E-state index is 0.0532. The highest BCUT2D eigenvalue weighted by atomic mass is 16.5. The second-order valence-electron chi connectivity index (χ2n) is 9.07. The van der Waals surface area contributed by atoms with Crippen molar-refractivity contribution >= 4 is 11.9 Å². The summed E-state index contributed by atoms with van der Waals surface area (Å²) in [6.07, 6.45) is 16.7. The van der Waals surface area contributed by atoms with Crippen LogP contribution in [0.4, 0.5) is 0 Å². The predicted octanol–water partition coefficient (Wildman–Crippen LogP) is 6.99. The lowest BCUT2D eigenvalue weighted by atomic mass is 9.96. The molecule has 0 aliphatic carbocycles. The molecule has 0 aromatic carbocycles. The van der Waals surface area contributed by atoms with Crippen molar-refractivity contribution in [2.24, 2.45) is 5.41 Å². The maximum atomic E-state index is 12.3. The SMILES string of the molecule is CCCCCCCCCC(CCCCCCCC(=O)OC)OC(=O)C(C)(C)C. The van der Waals surface area contributed by atoms with E-state index in [2.05, 4.69) is 11.7 Å². The summed E-state index contributed by atoms with van der Waals surface area (Å²) in [6.45, 7) is 8.00. The van der Waals surface area contributed by atoms with E-state index in [1.807, 2.05) is 20.8 Å². The van der Waals surface area contributed by atoms with Crippen molar-refractivity contribution in [3.05, 3.63) is 0 Å². The lowest BCUT2D eigenvalue weighted by molar-refractivity contribution is -0.159. The summed E-state index contributed by atoms with van der Waals surface area (Å²) >= 11 is 0. The third-order valence-corrected chi connectivity index (χ3v) is 5.15. The summed E-state index contributed by atoms with van der Waals surface area (Å²) in [6, 6.07) is 0. The normalized spacial score (nSPS) is 12.6. The Kier molecular flexibility index (Phi) is 16.2. The maximum absolute atomic E-state index is 12.3. The zero-order chi connectivity index (χ0) is 21.3. The Bertz CT molecular complexity index is 398. The largest absolute Gasteiger partial charge is 0.469 e. The van der Waals surface area contributed by atoms with E-state index < -0.39 is 5.41 Å². The molecule has 0 aliphatic rings. The van der Waals surface area contributed by atoms with Crippen molar-refractivity contribution in [1.82, 2.24) is 0 Å². The maximum Gasteiger partial charge on any atom is 0.311 e. The first kappa shape index (κ1) is 26.9. The molecule has 4 nitrogen and oxygen atoms in total. The molecule has 0 heterocycles. The first-order valence-corrected chi connectivity index (χ1v) is 11.6. The van der Waals surface area contributed by atoms with Crippen LogP contribution in [0.15, 0.2) is 0 Å². The fourth-order valence-corrected chi connectivity index (χ4v) is 3.19. The Labute approximate surface area is 174 Å². The standard InChI is InChI=1S/C24H46O4/c1-6-7-8-9-10-12-15-18-21(28-23(26)24(2,3)4)19-16-13-11-14-17-20-22(25)27-5/h21H,6-20H2,1-5H3. The number of carbonyl (C=O) groups excluding carboxylic acids is 2. The van der Waals surface area contributed by atoms with E-state index in [1.165, 1.54) is 45.6 Å². The molecule has 0 saturated heterocycles. The molecule has 0 aliphatic heterocycles. The summed E-state index contributed by atoms with van der Waals surface area (Å²) in [5, 5.41) is 0. The Hall–Kier alpha value is -1.06. The molecule has 0 saturated carbocycles. The Morgan fingerprint density at radius 1 is 0.750 bits per heavy atom. The van der Waals surface area contributed by atoms with Gasteiger partial charge in [-0.25, -0.2) is 0 Å².